The third-order valence-corrected chi connectivity index (χ3v) is 5.91. The number of hydrogen-bond donors (Lipinski definition) is 1. The van der Waals surface area contributed by atoms with Crippen LogP contribution in [0, 0.1) is 0 Å². The fraction of sp³-hybridized carbons (Fsp3) is 0.333. The van der Waals surface area contributed by atoms with Gasteiger partial charge >= 0.3 is 0 Å². The normalized spacial score (nSPS) is 16.0. The van der Waals surface area contributed by atoms with E-state index in [0.717, 1.165) is 23.5 Å². The summed E-state index contributed by atoms with van der Waals surface area (Å²) in [4.78, 5) is 29.9. The smallest absolute Gasteiger partial charge is 0.240 e. The van der Waals surface area contributed by atoms with Crippen LogP contribution < -0.4 is 5.32 Å². The fourth-order valence-corrected chi connectivity index (χ4v) is 4.23. The van der Waals surface area contributed by atoms with Crippen molar-refractivity contribution in [3.05, 3.63) is 66.2 Å². The van der Waals surface area contributed by atoms with Crippen LogP contribution in [-0.4, -0.2) is 61.4 Å². The van der Waals surface area contributed by atoms with E-state index in [2.05, 4.69) is 10.2 Å². The summed E-state index contributed by atoms with van der Waals surface area (Å²) in [5, 5.41) is 2.38. The number of thioether (sulfide) groups is 1. The summed E-state index contributed by atoms with van der Waals surface area (Å²) in [7, 11) is 1.65. The maximum atomic E-state index is 13.3. The number of carbonyl (C=O) groups is 2. The zero-order chi connectivity index (χ0) is 19.1. The molecule has 3 rings (SSSR count). The van der Waals surface area contributed by atoms with E-state index < -0.39 is 0 Å². The summed E-state index contributed by atoms with van der Waals surface area (Å²) in [5.74, 6) is 0.145. The summed E-state index contributed by atoms with van der Waals surface area (Å²) >= 11 is 1.59. The fourth-order valence-electron chi connectivity index (χ4n) is 3.10. The number of piperazine rings is 1. The minimum Gasteiger partial charge on any atom is -0.358 e. The number of rotatable bonds is 6. The molecule has 1 N–H and O–H groups in total. The summed E-state index contributed by atoms with van der Waals surface area (Å²) < 4.78 is 0. The third kappa shape index (κ3) is 5.34. The van der Waals surface area contributed by atoms with Crippen LogP contribution in [0.1, 0.15) is 10.8 Å². The minimum atomic E-state index is -0.265. The monoisotopic (exact) mass is 383 g/mol. The molecular weight excluding hydrogens is 358 g/mol. The molecule has 1 atom stereocenters. The number of benzene rings is 2. The van der Waals surface area contributed by atoms with E-state index in [0.29, 0.717) is 19.6 Å². The SMILES string of the molecule is CNC(=O)CN1CCN(C(=O)C(Sc2ccccc2)c2ccccc2)CC1. The van der Waals surface area contributed by atoms with Crippen LogP contribution in [-0.2, 0) is 9.59 Å². The molecule has 5 nitrogen and oxygen atoms in total. The Balaban J connectivity index is 1.69. The molecule has 1 saturated heterocycles. The molecule has 0 spiro atoms. The first-order valence-electron chi connectivity index (χ1n) is 9.16. The molecule has 0 radical (unpaired) electrons. The van der Waals surface area contributed by atoms with Gasteiger partial charge in [0.2, 0.25) is 11.8 Å². The molecule has 27 heavy (non-hydrogen) atoms. The van der Waals surface area contributed by atoms with E-state index in [9.17, 15) is 9.59 Å². The van der Waals surface area contributed by atoms with Gasteiger partial charge in [-0.3, -0.25) is 14.5 Å². The van der Waals surface area contributed by atoms with Crippen molar-refractivity contribution in [2.75, 3.05) is 39.8 Å². The molecular formula is C21H25N3O2S. The van der Waals surface area contributed by atoms with Crippen LogP contribution in [0.5, 0.6) is 0 Å². The quantitative estimate of drug-likeness (QED) is 0.779. The molecule has 6 heteroatoms. The lowest BCUT2D eigenvalue weighted by Crippen LogP contribution is -2.51. The largest absolute Gasteiger partial charge is 0.358 e. The van der Waals surface area contributed by atoms with E-state index in [1.54, 1.807) is 18.8 Å². The van der Waals surface area contributed by atoms with Crippen LogP contribution in [0.2, 0.25) is 0 Å². The lowest BCUT2D eigenvalue weighted by atomic mass is 10.1. The molecule has 0 bridgehead atoms. The summed E-state index contributed by atoms with van der Waals surface area (Å²) in [6.07, 6.45) is 0. The Bertz CT molecular complexity index is 747. The van der Waals surface area contributed by atoms with Crippen molar-refractivity contribution in [2.45, 2.75) is 10.1 Å². The van der Waals surface area contributed by atoms with Crippen LogP contribution in [0.25, 0.3) is 0 Å². The first-order valence-corrected chi connectivity index (χ1v) is 10.0. The van der Waals surface area contributed by atoms with Gasteiger partial charge in [0, 0.05) is 38.1 Å². The van der Waals surface area contributed by atoms with Crippen LogP contribution in [0.15, 0.2) is 65.6 Å². The number of likely N-dealkylation sites (N-methyl/N-ethyl adjacent to an activating group) is 1. The molecule has 1 aliphatic heterocycles. The van der Waals surface area contributed by atoms with E-state index in [1.165, 1.54) is 0 Å². The van der Waals surface area contributed by atoms with Gasteiger partial charge in [-0.25, -0.2) is 0 Å². The van der Waals surface area contributed by atoms with Crippen molar-refractivity contribution in [2.24, 2.45) is 0 Å². The highest BCUT2D eigenvalue weighted by atomic mass is 32.2. The maximum Gasteiger partial charge on any atom is 0.240 e. The minimum absolute atomic E-state index is 0.0107. The molecule has 2 amide bonds. The zero-order valence-electron chi connectivity index (χ0n) is 15.5. The molecule has 1 heterocycles. The molecule has 0 aromatic heterocycles. The van der Waals surface area contributed by atoms with Gasteiger partial charge in [-0.1, -0.05) is 48.5 Å². The van der Waals surface area contributed by atoms with Crippen LogP contribution in [0.3, 0.4) is 0 Å². The van der Waals surface area contributed by atoms with Crippen molar-refractivity contribution in [3.8, 4) is 0 Å². The number of hydrogen-bond acceptors (Lipinski definition) is 4. The molecule has 142 valence electrons. The second kappa shape index (κ2) is 9.58. The number of amides is 2. The number of carbonyl (C=O) groups excluding carboxylic acids is 2. The lowest BCUT2D eigenvalue weighted by molar-refractivity contribution is -0.132. The molecule has 1 fully saturated rings. The number of nitrogens with zero attached hydrogens (tertiary/aromatic N) is 2. The molecule has 0 aliphatic carbocycles. The molecule has 0 saturated carbocycles. The highest BCUT2D eigenvalue weighted by Crippen LogP contribution is 2.36. The van der Waals surface area contributed by atoms with Crippen LogP contribution in [0.4, 0.5) is 0 Å². The van der Waals surface area contributed by atoms with Crippen molar-refractivity contribution < 1.29 is 9.59 Å². The molecule has 1 unspecified atom stereocenters. The Hall–Kier alpha value is -2.31. The van der Waals surface area contributed by atoms with Crippen LogP contribution >= 0.6 is 11.8 Å². The Morgan fingerprint density at radius 2 is 1.56 bits per heavy atom. The Morgan fingerprint density at radius 3 is 2.15 bits per heavy atom. The van der Waals surface area contributed by atoms with E-state index in [4.69, 9.17) is 0 Å². The Morgan fingerprint density at radius 1 is 0.963 bits per heavy atom. The molecule has 2 aromatic carbocycles. The van der Waals surface area contributed by atoms with E-state index in [1.807, 2.05) is 65.6 Å². The van der Waals surface area contributed by atoms with Gasteiger partial charge in [0.15, 0.2) is 0 Å². The summed E-state index contributed by atoms with van der Waals surface area (Å²) in [6, 6.07) is 20.0. The summed E-state index contributed by atoms with van der Waals surface area (Å²) in [5.41, 5.74) is 1.02. The van der Waals surface area contributed by atoms with Gasteiger partial charge in [-0.2, -0.15) is 0 Å². The van der Waals surface area contributed by atoms with Gasteiger partial charge in [0.1, 0.15) is 5.25 Å². The molecule has 1 aliphatic rings. The van der Waals surface area contributed by atoms with Crippen molar-refractivity contribution in [1.29, 1.82) is 0 Å². The predicted octanol–water partition coefficient (Wildman–Crippen LogP) is 2.41. The van der Waals surface area contributed by atoms with Gasteiger partial charge in [0.05, 0.1) is 6.54 Å². The third-order valence-electron chi connectivity index (χ3n) is 4.65. The summed E-state index contributed by atoms with van der Waals surface area (Å²) in [6.45, 7) is 3.12. The van der Waals surface area contributed by atoms with Crippen molar-refractivity contribution in [3.63, 3.8) is 0 Å². The van der Waals surface area contributed by atoms with Gasteiger partial charge in [0.25, 0.3) is 0 Å². The standard InChI is InChI=1S/C21H25N3O2S/c1-22-19(25)16-23-12-14-24(15-13-23)21(26)20(17-8-4-2-5-9-17)27-18-10-6-3-7-11-18/h2-11,20H,12-16H2,1H3,(H,22,25). The number of nitrogens with one attached hydrogen (secondary N) is 1. The van der Waals surface area contributed by atoms with Crippen molar-refractivity contribution in [1.82, 2.24) is 15.1 Å². The average molecular weight is 384 g/mol. The Kier molecular flexibility index (Phi) is 6.90. The first kappa shape index (κ1) is 19.5. The average Bonchev–Trinajstić information content (AvgIpc) is 2.73. The highest BCUT2D eigenvalue weighted by Gasteiger charge is 2.29. The zero-order valence-corrected chi connectivity index (χ0v) is 16.3. The predicted molar refractivity (Wildman–Crippen MR) is 109 cm³/mol. The lowest BCUT2D eigenvalue weighted by Gasteiger charge is -2.36. The Labute approximate surface area is 164 Å². The first-order chi connectivity index (χ1) is 13.2. The van der Waals surface area contributed by atoms with E-state index >= 15 is 0 Å². The second-order valence-corrected chi connectivity index (χ2v) is 7.67. The van der Waals surface area contributed by atoms with E-state index in [-0.39, 0.29) is 17.1 Å². The van der Waals surface area contributed by atoms with Gasteiger partial charge in [-0.05, 0) is 17.7 Å². The maximum absolute atomic E-state index is 13.3. The topological polar surface area (TPSA) is 52.7 Å². The van der Waals surface area contributed by atoms with Gasteiger partial charge in [-0.15, -0.1) is 11.8 Å². The van der Waals surface area contributed by atoms with Crippen molar-refractivity contribution >= 4 is 23.6 Å². The highest BCUT2D eigenvalue weighted by molar-refractivity contribution is 8.00. The molecule has 2 aromatic rings. The van der Waals surface area contributed by atoms with Gasteiger partial charge < -0.3 is 10.2 Å². The second-order valence-electron chi connectivity index (χ2n) is 6.50.